The normalized spacial score (nSPS) is 18.4. The van der Waals surface area contributed by atoms with Crippen molar-refractivity contribution >= 4 is 11.6 Å². The van der Waals surface area contributed by atoms with Crippen LogP contribution >= 0.6 is 11.6 Å². The van der Waals surface area contributed by atoms with Crippen LogP contribution in [-0.4, -0.2) is 34.0 Å². The molecule has 5 heteroatoms. The molecular formula is C20H27ClN4. The van der Waals surface area contributed by atoms with Crippen molar-refractivity contribution in [2.24, 2.45) is 0 Å². The second kappa shape index (κ2) is 9.27. The van der Waals surface area contributed by atoms with Crippen LogP contribution in [0, 0.1) is 0 Å². The van der Waals surface area contributed by atoms with Crippen LogP contribution in [0.4, 0.5) is 0 Å². The quantitative estimate of drug-likeness (QED) is 0.816. The lowest BCUT2D eigenvalue weighted by Crippen LogP contribution is -2.45. The highest BCUT2D eigenvalue weighted by Crippen LogP contribution is 2.16. The maximum absolute atomic E-state index is 5.97. The van der Waals surface area contributed by atoms with Gasteiger partial charge >= 0.3 is 0 Å². The molecule has 1 aromatic heterocycles. The zero-order chi connectivity index (χ0) is 17.5. The standard InChI is InChI=1S/C20H27ClN4/c1-2-4-20-23-12-17(13-24-20)11-22-19-5-3-10-25(15-19)14-16-6-8-18(21)9-7-16/h6-9,12-13,19,22H,2-5,10-11,14-15H2,1H3. The van der Waals surface area contributed by atoms with Crippen molar-refractivity contribution < 1.29 is 0 Å². The number of hydrogen-bond donors (Lipinski definition) is 1. The van der Waals surface area contributed by atoms with E-state index in [0.717, 1.165) is 55.4 Å². The van der Waals surface area contributed by atoms with Crippen molar-refractivity contribution in [3.63, 3.8) is 0 Å². The fourth-order valence-electron chi connectivity index (χ4n) is 3.30. The summed E-state index contributed by atoms with van der Waals surface area (Å²) in [5.74, 6) is 0.943. The predicted octanol–water partition coefficient (Wildman–Crippen LogP) is 3.84. The van der Waals surface area contributed by atoms with Crippen LogP contribution in [0.25, 0.3) is 0 Å². The second-order valence-electron chi connectivity index (χ2n) is 6.84. The summed E-state index contributed by atoms with van der Waals surface area (Å²) in [5, 5.41) is 4.47. The molecule has 1 atom stereocenters. The molecule has 0 spiro atoms. The predicted molar refractivity (Wildman–Crippen MR) is 103 cm³/mol. The van der Waals surface area contributed by atoms with E-state index in [0.29, 0.717) is 6.04 Å². The van der Waals surface area contributed by atoms with Gasteiger partial charge in [0.15, 0.2) is 0 Å². The number of piperidine rings is 1. The maximum atomic E-state index is 5.97. The summed E-state index contributed by atoms with van der Waals surface area (Å²) in [6.07, 6.45) is 8.42. The third kappa shape index (κ3) is 5.77. The van der Waals surface area contributed by atoms with Crippen molar-refractivity contribution in [3.8, 4) is 0 Å². The fourth-order valence-corrected chi connectivity index (χ4v) is 3.43. The first-order valence-corrected chi connectivity index (χ1v) is 9.60. The van der Waals surface area contributed by atoms with Gasteiger partial charge in [0, 0.05) is 55.1 Å². The molecule has 0 amide bonds. The Morgan fingerprint density at radius 3 is 2.64 bits per heavy atom. The van der Waals surface area contributed by atoms with Crippen LogP contribution < -0.4 is 5.32 Å². The molecule has 134 valence electrons. The van der Waals surface area contributed by atoms with Gasteiger partial charge in [0.2, 0.25) is 0 Å². The van der Waals surface area contributed by atoms with Gasteiger partial charge in [-0.1, -0.05) is 30.7 Å². The molecule has 1 aromatic carbocycles. The van der Waals surface area contributed by atoms with E-state index in [9.17, 15) is 0 Å². The summed E-state index contributed by atoms with van der Waals surface area (Å²) >= 11 is 5.97. The van der Waals surface area contributed by atoms with Gasteiger partial charge in [-0.25, -0.2) is 9.97 Å². The molecule has 1 unspecified atom stereocenters. The molecule has 2 aromatic rings. The summed E-state index contributed by atoms with van der Waals surface area (Å²) in [6, 6.07) is 8.71. The van der Waals surface area contributed by atoms with Gasteiger partial charge in [0.25, 0.3) is 0 Å². The smallest absolute Gasteiger partial charge is 0.128 e. The molecule has 0 saturated carbocycles. The largest absolute Gasteiger partial charge is 0.309 e. The molecule has 1 saturated heterocycles. The first-order chi connectivity index (χ1) is 12.2. The van der Waals surface area contributed by atoms with Crippen LogP contribution in [0.3, 0.4) is 0 Å². The minimum Gasteiger partial charge on any atom is -0.309 e. The van der Waals surface area contributed by atoms with Crippen LogP contribution in [0.5, 0.6) is 0 Å². The maximum Gasteiger partial charge on any atom is 0.128 e. The monoisotopic (exact) mass is 358 g/mol. The SMILES string of the molecule is CCCc1ncc(CNC2CCCN(Cc3ccc(Cl)cc3)C2)cn1. The Labute approximate surface area is 155 Å². The molecule has 0 radical (unpaired) electrons. The number of hydrogen-bond acceptors (Lipinski definition) is 4. The molecule has 1 N–H and O–H groups in total. The number of benzene rings is 1. The summed E-state index contributed by atoms with van der Waals surface area (Å²) in [6.45, 7) is 6.22. The van der Waals surface area contributed by atoms with Crippen molar-refractivity contribution in [2.45, 2.75) is 51.7 Å². The van der Waals surface area contributed by atoms with Crippen LogP contribution in [0.1, 0.15) is 43.1 Å². The summed E-state index contributed by atoms with van der Waals surface area (Å²) in [4.78, 5) is 11.4. The topological polar surface area (TPSA) is 41.1 Å². The molecule has 4 nitrogen and oxygen atoms in total. The lowest BCUT2D eigenvalue weighted by Gasteiger charge is -2.33. The first kappa shape index (κ1) is 18.3. The summed E-state index contributed by atoms with van der Waals surface area (Å²) in [7, 11) is 0. The lowest BCUT2D eigenvalue weighted by molar-refractivity contribution is 0.182. The highest BCUT2D eigenvalue weighted by atomic mass is 35.5. The van der Waals surface area contributed by atoms with Crippen LogP contribution in [0.15, 0.2) is 36.7 Å². The highest BCUT2D eigenvalue weighted by Gasteiger charge is 2.19. The number of halogens is 1. The Bertz CT molecular complexity index is 642. The summed E-state index contributed by atoms with van der Waals surface area (Å²) in [5.41, 5.74) is 2.49. The third-order valence-corrected chi connectivity index (χ3v) is 4.90. The average molecular weight is 359 g/mol. The van der Waals surface area contributed by atoms with Crippen molar-refractivity contribution in [1.29, 1.82) is 0 Å². The van der Waals surface area contributed by atoms with E-state index in [2.05, 4.69) is 39.2 Å². The molecule has 1 fully saturated rings. The number of nitrogens with one attached hydrogen (secondary N) is 1. The van der Waals surface area contributed by atoms with E-state index in [4.69, 9.17) is 11.6 Å². The zero-order valence-corrected chi connectivity index (χ0v) is 15.7. The van der Waals surface area contributed by atoms with E-state index in [1.165, 1.54) is 18.4 Å². The number of likely N-dealkylation sites (tertiary alicyclic amines) is 1. The van der Waals surface area contributed by atoms with E-state index < -0.39 is 0 Å². The van der Waals surface area contributed by atoms with Gasteiger partial charge in [-0.2, -0.15) is 0 Å². The lowest BCUT2D eigenvalue weighted by atomic mass is 10.0. The Morgan fingerprint density at radius 2 is 1.92 bits per heavy atom. The Balaban J connectivity index is 1.47. The molecule has 0 bridgehead atoms. The minimum atomic E-state index is 0.524. The third-order valence-electron chi connectivity index (χ3n) is 4.65. The van der Waals surface area contributed by atoms with Gasteiger partial charge in [-0.05, 0) is 43.5 Å². The average Bonchev–Trinajstić information content (AvgIpc) is 2.64. The number of rotatable bonds is 7. The van der Waals surface area contributed by atoms with Gasteiger partial charge in [0.1, 0.15) is 5.82 Å². The Kier molecular flexibility index (Phi) is 6.79. The van der Waals surface area contributed by atoms with Crippen molar-refractivity contribution in [1.82, 2.24) is 20.2 Å². The second-order valence-corrected chi connectivity index (χ2v) is 7.28. The van der Waals surface area contributed by atoms with E-state index in [1.54, 1.807) is 0 Å². The molecule has 3 rings (SSSR count). The molecule has 1 aliphatic heterocycles. The fraction of sp³-hybridized carbons (Fsp3) is 0.500. The van der Waals surface area contributed by atoms with Crippen LogP contribution in [-0.2, 0) is 19.5 Å². The molecule has 1 aliphatic rings. The van der Waals surface area contributed by atoms with Crippen LogP contribution in [0.2, 0.25) is 5.02 Å². The number of aromatic nitrogens is 2. The molecule has 25 heavy (non-hydrogen) atoms. The van der Waals surface area contributed by atoms with Gasteiger partial charge < -0.3 is 5.32 Å². The highest BCUT2D eigenvalue weighted by molar-refractivity contribution is 6.30. The minimum absolute atomic E-state index is 0.524. The van der Waals surface area contributed by atoms with E-state index in [1.807, 2.05) is 24.5 Å². The number of nitrogens with zero attached hydrogens (tertiary/aromatic N) is 3. The van der Waals surface area contributed by atoms with Crippen molar-refractivity contribution in [2.75, 3.05) is 13.1 Å². The summed E-state index contributed by atoms with van der Waals surface area (Å²) < 4.78 is 0. The molecule has 2 heterocycles. The number of aryl methyl sites for hydroxylation is 1. The Hall–Kier alpha value is -1.49. The van der Waals surface area contributed by atoms with E-state index >= 15 is 0 Å². The first-order valence-electron chi connectivity index (χ1n) is 9.23. The van der Waals surface area contributed by atoms with Crippen molar-refractivity contribution in [3.05, 3.63) is 58.6 Å². The zero-order valence-electron chi connectivity index (χ0n) is 14.9. The molecular weight excluding hydrogens is 332 g/mol. The molecule has 0 aliphatic carbocycles. The van der Waals surface area contributed by atoms with E-state index in [-0.39, 0.29) is 0 Å². The Morgan fingerprint density at radius 1 is 1.16 bits per heavy atom. The van der Waals surface area contributed by atoms with Gasteiger partial charge in [-0.3, -0.25) is 4.90 Å². The van der Waals surface area contributed by atoms with Gasteiger partial charge in [0.05, 0.1) is 0 Å². The van der Waals surface area contributed by atoms with Gasteiger partial charge in [-0.15, -0.1) is 0 Å².